The number of carbonyl (C=O) groups excluding carboxylic acids is 2. The normalized spacial score (nSPS) is 29.2. The van der Waals surface area contributed by atoms with E-state index in [0.717, 1.165) is 36.4 Å². The lowest BCUT2D eigenvalue weighted by Crippen LogP contribution is -2.54. The third-order valence-corrected chi connectivity index (χ3v) is 7.53. The highest BCUT2D eigenvalue weighted by molar-refractivity contribution is 5.95. The highest BCUT2D eigenvalue weighted by Crippen LogP contribution is 2.46. The molecule has 0 N–H and O–H groups in total. The summed E-state index contributed by atoms with van der Waals surface area (Å²) in [7, 11) is 0. The van der Waals surface area contributed by atoms with Crippen molar-refractivity contribution in [2.75, 3.05) is 6.54 Å². The topological polar surface area (TPSA) is 82.9 Å². The van der Waals surface area contributed by atoms with Crippen LogP contribution < -0.4 is 4.74 Å². The molecule has 5 rings (SSSR count). The summed E-state index contributed by atoms with van der Waals surface area (Å²) in [6, 6.07) is 7.99. The van der Waals surface area contributed by atoms with E-state index in [-0.39, 0.29) is 25.0 Å². The molecule has 3 fully saturated rings. The van der Waals surface area contributed by atoms with Crippen LogP contribution in [0, 0.1) is 5.92 Å². The minimum atomic E-state index is -0.773. The number of hydrogen-bond acceptors (Lipinski definition) is 6. The smallest absolute Gasteiger partial charge is 0.417 e. The number of aromatic nitrogens is 2. The van der Waals surface area contributed by atoms with Gasteiger partial charge in [-0.1, -0.05) is 13.3 Å². The molecule has 2 aromatic rings. The third kappa shape index (κ3) is 5.37. The van der Waals surface area contributed by atoms with Crippen molar-refractivity contribution < 1.29 is 23.8 Å². The van der Waals surface area contributed by atoms with Crippen LogP contribution in [-0.2, 0) is 20.7 Å². The molecule has 35 heavy (non-hydrogen) atoms. The van der Waals surface area contributed by atoms with Crippen LogP contribution >= 0.6 is 0 Å². The van der Waals surface area contributed by atoms with Gasteiger partial charge in [-0.25, -0.2) is 14.7 Å². The van der Waals surface area contributed by atoms with Gasteiger partial charge in [0.05, 0.1) is 30.8 Å². The van der Waals surface area contributed by atoms with Crippen molar-refractivity contribution >= 4 is 12.0 Å². The van der Waals surface area contributed by atoms with E-state index in [2.05, 4.69) is 4.98 Å². The maximum absolute atomic E-state index is 13.0. The lowest BCUT2D eigenvalue weighted by Gasteiger charge is -2.34. The molecule has 8 nitrogen and oxygen atoms in total. The van der Waals surface area contributed by atoms with Crippen molar-refractivity contribution in [2.24, 2.45) is 5.92 Å². The molecular weight excluding hydrogens is 446 g/mol. The summed E-state index contributed by atoms with van der Waals surface area (Å²) >= 11 is 0. The summed E-state index contributed by atoms with van der Waals surface area (Å²) in [6.07, 6.45) is 9.46. The summed E-state index contributed by atoms with van der Waals surface area (Å²) in [6.45, 7) is 6.00. The fraction of sp³-hybridized carbons (Fsp3) is 0.593. The minimum absolute atomic E-state index is 0.197. The summed E-state index contributed by atoms with van der Waals surface area (Å²) in [4.78, 5) is 31.4. The second kappa shape index (κ2) is 9.64. The van der Waals surface area contributed by atoms with Gasteiger partial charge in [0.2, 0.25) is 0 Å². The van der Waals surface area contributed by atoms with Crippen LogP contribution in [0.15, 0.2) is 36.8 Å². The molecular formula is C27H35N3O5. The lowest BCUT2D eigenvalue weighted by atomic mass is 9.98. The van der Waals surface area contributed by atoms with Gasteiger partial charge in [-0.05, 0) is 76.1 Å². The largest absolute Gasteiger partial charge is 0.490 e. The van der Waals surface area contributed by atoms with Crippen LogP contribution in [-0.4, -0.2) is 56.9 Å². The lowest BCUT2D eigenvalue weighted by molar-refractivity contribution is -0.158. The van der Waals surface area contributed by atoms with Crippen LogP contribution in [0.2, 0.25) is 0 Å². The number of rotatable bonds is 6. The SMILES string of the molecule is CC1CC1(C)OC(=O)N1C[C@@H](C)O[C@@H](Cc2cn(-c3ccc(OC4CCCCC4)cc3)cn2)C1=O. The standard InChI is InChI=1S/C27H35N3O5/c1-18-14-27(18,3)35-26(32)30-15-19(2)33-24(25(30)31)13-20-16-29(17-28-20)21-9-11-23(12-10-21)34-22-7-5-4-6-8-22/h9-12,16-19,22,24H,4-8,13-15H2,1-3H3/t18?,19-,24+,27?/m1/s1. The van der Waals surface area contributed by atoms with E-state index in [4.69, 9.17) is 14.2 Å². The van der Waals surface area contributed by atoms with E-state index < -0.39 is 17.8 Å². The second-order valence-corrected chi connectivity index (χ2v) is 10.5. The predicted octanol–water partition coefficient (Wildman–Crippen LogP) is 4.68. The molecule has 2 aliphatic carbocycles. The first-order chi connectivity index (χ1) is 16.8. The first-order valence-electron chi connectivity index (χ1n) is 12.8. The van der Waals surface area contributed by atoms with Gasteiger partial charge < -0.3 is 18.8 Å². The van der Waals surface area contributed by atoms with E-state index in [0.29, 0.717) is 12.0 Å². The Bertz CT molecular complexity index is 1060. The van der Waals surface area contributed by atoms with E-state index in [1.54, 1.807) is 6.33 Å². The molecule has 2 unspecified atom stereocenters. The number of nitrogens with zero attached hydrogens (tertiary/aromatic N) is 3. The van der Waals surface area contributed by atoms with Crippen molar-refractivity contribution in [1.29, 1.82) is 0 Å². The van der Waals surface area contributed by atoms with Crippen molar-refractivity contribution in [3.05, 3.63) is 42.5 Å². The molecule has 2 heterocycles. The highest BCUT2D eigenvalue weighted by Gasteiger charge is 2.52. The van der Waals surface area contributed by atoms with Crippen molar-refractivity contribution in [3.63, 3.8) is 0 Å². The molecule has 1 aromatic carbocycles. The number of ether oxygens (including phenoxy) is 3. The average molecular weight is 482 g/mol. The average Bonchev–Trinajstić information content (AvgIpc) is 3.19. The Morgan fingerprint density at radius 2 is 1.89 bits per heavy atom. The highest BCUT2D eigenvalue weighted by atomic mass is 16.6. The number of imide groups is 1. The van der Waals surface area contributed by atoms with Gasteiger partial charge in [0, 0.05) is 18.3 Å². The number of amides is 2. The van der Waals surface area contributed by atoms with Crippen molar-refractivity contribution in [1.82, 2.24) is 14.5 Å². The first kappa shape index (κ1) is 23.9. The quantitative estimate of drug-likeness (QED) is 0.596. The number of hydrogen-bond donors (Lipinski definition) is 0. The monoisotopic (exact) mass is 481 g/mol. The Hall–Kier alpha value is -2.87. The van der Waals surface area contributed by atoms with Gasteiger partial charge >= 0.3 is 6.09 Å². The zero-order valence-corrected chi connectivity index (χ0v) is 20.8. The molecule has 0 radical (unpaired) electrons. The summed E-state index contributed by atoms with van der Waals surface area (Å²) in [5, 5.41) is 0. The third-order valence-electron chi connectivity index (χ3n) is 7.53. The van der Waals surface area contributed by atoms with Gasteiger partial charge in [0.15, 0.2) is 0 Å². The summed E-state index contributed by atoms with van der Waals surface area (Å²) in [5.41, 5.74) is 1.21. The second-order valence-electron chi connectivity index (χ2n) is 10.5. The Kier molecular flexibility index (Phi) is 6.57. The zero-order chi connectivity index (χ0) is 24.6. The van der Waals surface area contributed by atoms with E-state index in [1.807, 2.05) is 55.8 Å². The van der Waals surface area contributed by atoms with Gasteiger partial charge in [0.1, 0.15) is 17.5 Å². The fourth-order valence-corrected chi connectivity index (χ4v) is 5.02. The summed E-state index contributed by atoms with van der Waals surface area (Å²) in [5.74, 6) is 0.828. The van der Waals surface area contributed by atoms with Crippen molar-refractivity contribution in [3.8, 4) is 11.4 Å². The van der Waals surface area contributed by atoms with Crippen LogP contribution in [0.4, 0.5) is 4.79 Å². The first-order valence-corrected chi connectivity index (χ1v) is 12.8. The minimum Gasteiger partial charge on any atom is -0.490 e. The molecule has 0 spiro atoms. The predicted molar refractivity (Wildman–Crippen MR) is 129 cm³/mol. The molecule has 0 bridgehead atoms. The molecule has 2 saturated carbocycles. The molecule has 8 heteroatoms. The maximum atomic E-state index is 13.0. The van der Waals surface area contributed by atoms with E-state index in [9.17, 15) is 9.59 Å². The molecule has 3 aliphatic rings. The van der Waals surface area contributed by atoms with Crippen LogP contribution in [0.1, 0.15) is 65.0 Å². The van der Waals surface area contributed by atoms with E-state index >= 15 is 0 Å². The molecule has 1 saturated heterocycles. The number of benzene rings is 1. The van der Waals surface area contributed by atoms with Crippen LogP contribution in [0.25, 0.3) is 5.69 Å². The molecule has 1 aliphatic heterocycles. The Morgan fingerprint density at radius 1 is 1.17 bits per heavy atom. The van der Waals surface area contributed by atoms with Gasteiger partial charge in [0.25, 0.3) is 5.91 Å². The van der Waals surface area contributed by atoms with Gasteiger partial charge in [-0.2, -0.15) is 0 Å². The van der Waals surface area contributed by atoms with Crippen LogP contribution in [0.5, 0.6) is 5.75 Å². The van der Waals surface area contributed by atoms with E-state index in [1.165, 1.54) is 24.2 Å². The van der Waals surface area contributed by atoms with Crippen LogP contribution in [0.3, 0.4) is 0 Å². The van der Waals surface area contributed by atoms with Gasteiger partial charge in [-0.3, -0.25) is 4.79 Å². The number of morpholine rings is 1. The zero-order valence-electron chi connectivity index (χ0n) is 20.8. The molecule has 188 valence electrons. The number of imidazole rings is 1. The Balaban J connectivity index is 1.20. The molecule has 4 atom stereocenters. The Labute approximate surface area is 206 Å². The molecule has 1 aromatic heterocycles. The Morgan fingerprint density at radius 3 is 2.57 bits per heavy atom. The fourth-order valence-electron chi connectivity index (χ4n) is 5.02. The van der Waals surface area contributed by atoms with Gasteiger partial charge in [-0.15, -0.1) is 0 Å². The summed E-state index contributed by atoms with van der Waals surface area (Å²) < 4.78 is 19.5. The molecule has 2 amide bonds. The number of carbonyl (C=O) groups is 2. The van der Waals surface area contributed by atoms with Crippen molar-refractivity contribution in [2.45, 2.75) is 89.6 Å². The maximum Gasteiger partial charge on any atom is 0.417 e.